The number of anilines is 3. The maximum Gasteiger partial charge on any atom is 0.271 e. The number of piperidine rings is 1. The lowest BCUT2D eigenvalue weighted by Crippen LogP contribution is -2.48. The Hall–Kier alpha value is -4.34. The van der Waals surface area contributed by atoms with Crippen molar-refractivity contribution in [1.29, 1.82) is 0 Å². The largest absolute Gasteiger partial charge is 0.497 e. The average molecular weight is 477 g/mol. The zero-order valence-electron chi connectivity index (χ0n) is 19.7. The van der Waals surface area contributed by atoms with Crippen molar-refractivity contribution >= 4 is 29.1 Å². The van der Waals surface area contributed by atoms with Crippen molar-refractivity contribution in [2.75, 3.05) is 37.5 Å². The third-order valence-electron chi connectivity index (χ3n) is 5.78. The fourth-order valence-electron chi connectivity index (χ4n) is 3.92. The van der Waals surface area contributed by atoms with Crippen LogP contribution in [0.15, 0.2) is 54.7 Å². The van der Waals surface area contributed by atoms with E-state index in [-0.39, 0.29) is 23.5 Å². The van der Waals surface area contributed by atoms with Crippen LogP contribution in [-0.4, -0.2) is 55.1 Å². The Kier molecular flexibility index (Phi) is 7.30. The predicted octanol–water partition coefficient (Wildman–Crippen LogP) is 2.74. The van der Waals surface area contributed by atoms with Crippen LogP contribution in [0.4, 0.5) is 17.3 Å². The maximum atomic E-state index is 12.7. The van der Waals surface area contributed by atoms with Crippen LogP contribution in [0.25, 0.3) is 0 Å². The quantitative estimate of drug-likeness (QED) is 0.452. The van der Waals surface area contributed by atoms with Gasteiger partial charge in [-0.1, -0.05) is 0 Å². The maximum absolute atomic E-state index is 12.7. The summed E-state index contributed by atoms with van der Waals surface area (Å²) in [7, 11) is 3.18. The first-order valence-electron chi connectivity index (χ1n) is 11.2. The fourth-order valence-corrected chi connectivity index (χ4v) is 3.92. The van der Waals surface area contributed by atoms with E-state index < -0.39 is 5.91 Å². The second-order valence-electron chi connectivity index (χ2n) is 8.13. The summed E-state index contributed by atoms with van der Waals surface area (Å²) < 4.78 is 10.3. The summed E-state index contributed by atoms with van der Waals surface area (Å²) in [5, 5.41) is 6.22. The molecule has 10 heteroatoms. The minimum atomic E-state index is -0.677. The highest BCUT2D eigenvalue weighted by Crippen LogP contribution is 2.24. The molecule has 2 heterocycles. The molecule has 1 aliphatic rings. The Morgan fingerprint density at radius 2 is 1.69 bits per heavy atom. The van der Waals surface area contributed by atoms with E-state index in [1.54, 1.807) is 50.6 Å². The zero-order valence-corrected chi connectivity index (χ0v) is 19.7. The lowest BCUT2D eigenvalue weighted by atomic mass is 10.0. The second kappa shape index (κ2) is 10.7. The number of ether oxygens (including phenoxy) is 2. The van der Waals surface area contributed by atoms with Gasteiger partial charge in [-0.25, -0.2) is 9.97 Å². The molecule has 0 radical (unpaired) electrons. The summed E-state index contributed by atoms with van der Waals surface area (Å²) in [5.74, 6) is 1.45. The minimum absolute atomic E-state index is 0.0472. The number of nitrogens with zero attached hydrogens (tertiary/aromatic N) is 3. The Balaban J connectivity index is 1.48. The van der Waals surface area contributed by atoms with Gasteiger partial charge < -0.3 is 30.7 Å². The number of carbonyl (C=O) groups excluding carboxylic acids is 2. The third kappa shape index (κ3) is 5.78. The van der Waals surface area contributed by atoms with E-state index >= 15 is 0 Å². The van der Waals surface area contributed by atoms with Gasteiger partial charge in [0.05, 0.1) is 20.4 Å². The molecule has 2 aromatic carbocycles. The first kappa shape index (κ1) is 23.8. The number of nitrogens with one attached hydrogen (secondary N) is 2. The number of benzene rings is 2. The van der Waals surface area contributed by atoms with Crippen LogP contribution in [0.3, 0.4) is 0 Å². The Morgan fingerprint density at radius 1 is 1.03 bits per heavy atom. The fraction of sp³-hybridized carbons (Fsp3) is 0.280. The standard InChI is InChI=1S/C25H28N6O4/c1-34-19-9-5-16(6-10-19)25(33)29-18-4-3-13-31(15-18)21-14-27-22(23(26)32)24(30-21)28-17-7-11-20(35-2)12-8-17/h5-12,14,18H,3-4,13,15H2,1-2H3,(H2,26,32)(H,28,30)(H,29,33)/t18-/m1/s1. The highest BCUT2D eigenvalue weighted by molar-refractivity contribution is 5.96. The van der Waals surface area contributed by atoms with Crippen molar-refractivity contribution in [1.82, 2.24) is 15.3 Å². The van der Waals surface area contributed by atoms with Gasteiger partial charge in [0, 0.05) is 30.4 Å². The second-order valence-corrected chi connectivity index (χ2v) is 8.13. The third-order valence-corrected chi connectivity index (χ3v) is 5.78. The lowest BCUT2D eigenvalue weighted by Gasteiger charge is -2.34. The number of amides is 2. The van der Waals surface area contributed by atoms with Crippen molar-refractivity contribution in [3.05, 3.63) is 66.0 Å². The molecule has 1 fully saturated rings. The topological polar surface area (TPSA) is 132 Å². The van der Waals surface area contributed by atoms with Gasteiger partial charge in [0.1, 0.15) is 17.3 Å². The molecule has 2 amide bonds. The predicted molar refractivity (Wildman–Crippen MR) is 133 cm³/mol. The molecule has 1 saturated heterocycles. The summed E-state index contributed by atoms with van der Waals surface area (Å²) in [6, 6.07) is 14.1. The number of carbonyl (C=O) groups is 2. The molecular formula is C25H28N6O4. The van der Waals surface area contributed by atoms with Gasteiger partial charge in [0.2, 0.25) is 0 Å². The van der Waals surface area contributed by atoms with Gasteiger partial charge >= 0.3 is 0 Å². The van der Waals surface area contributed by atoms with E-state index in [1.807, 2.05) is 17.0 Å². The average Bonchev–Trinajstić information content (AvgIpc) is 2.89. The minimum Gasteiger partial charge on any atom is -0.497 e. The van der Waals surface area contributed by atoms with Crippen molar-refractivity contribution in [2.45, 2.75) is 18.9 Å². The molecular weight excluding hydrogens is 448 g/mol. The lowest BCUT2D eigenvalue weighted by molar-refractivity contribution is 0.0931. The van der Waals surface area contributed by atoms with Crippen LogP contribution in [0.1, 0.15) is 33.7 Å². The van der Waals surface area contributed by atoms with Crippen LogP contribution >= 0.6 is 0 Å². The molecule has 4 N–H and O–H groups in total. The Labute approximate surface area is 203 Å². The summed E-state index contributed by atoms with van der Waals surface area (Å²) >= 11 is 0. The molecule has 1 aromatic heterocycles. The summed E-state index contributed by atoms with van der Waals surface area (Å²) in [4.78, 5) is 35.6. The van der Waals surface area contributed by atoms with Gasteiger partial charge in [-0.2, -0.15) is 0 Å². The van der Waals surface area contributed by atoms with Gasteiger partial charge in [-0.15, -0.1) is 0 Å². The van der Waals surface area contributed by atoms with Gasteiger partial charge in [0.15, 0.2) is 11.5 Å². The normalized spacial score (nSPS) is 15.3. The van der Waals surface area contributed by atoms with E-state index in [1.165, 1.54) is 6.20 Å². The van der Waals surface area contributed by atoms with E-state index in [0.717, 1.165) is 19.4 Å². The summed E-state index contributed by atoms with van der Waals surface area (Å²) in [6.07, 6.45) is 3.25. The monoisotopic (exact) mass is 476 g/mol. The van der Waals surface area contributed by atoms with Crippen molar-refractivity contribution in [3.63, 3.8) is 0 Å². The number of nitrogens with two attached hydrogens (primary N) is 1. The van der Waals surface area contributed by atoms with Gasteiger partial charge in [-0.3, -0.25) is 9.59 Å². The van der Waals surface area contributed by atoms with Crippen LogP contribution in [0.5, 0.6) is 11.5 Å². The Bertz CT molecular complexity index is 1180. The van der Waals surface area contributed by atoms with Crippen LogP contribution < -0.4 is 30.7 Å². The summed E-state index contributed by atoms with van der Waals surface area (Å²) in [6.45, 7) is 1.32. The number of primary amides is 1. The van der Waals surface area contributed by atoms with Crippen molar-refractivity contribution in [2.24, 2.45) is 5.73 Å². The van der Waals surface area contributed by atoms with Crippen molar-refractivity contribution < 1.29 is 19.1 Å². The molecule has 1 aliphatic heterocycles. The summed E-state index contributed by atoms with van der Waals surface area (Å²) in [5.41, 5.74) is 6.85. The molecule has 4 rings (SSSR count). The molecule has 0 unspecified atom stereocenters. The van der Waals surface area contributed by atoms with Gasteiger partial charge in [-0.05, 0) is 61.4 Å². The molecule has 0 spiro atoms. The Morgan fingerprint density at radius 3 is 2.31 bits per heavy atom. The number of hydrogen-bond donors (Lipinski definition) is 3. The van der Waals surface area contributed by atoms with Crippen LogP contribution in [0, 0.1) is 0 Å². The van der Waals surface area contributed by atoms with Crippen molar-refractivity contribution in [3.8, 4) is 11.5 Å². The van der Waals surface area contributed by atoms with E-state index in [2.05, 4.69) is 20.6 Å². The SMILES string of the molecule is COc1ccc(Nc2nc(N3CCC[C@@H](NC(=O)c4ccc(OC)cc4)C3)cnc2C(N)=O)cc1. The molecule has 0 bridgehead atoms. The van der Waals surface area contributed by atoms with E-state index in [0.29, 0.717) is 35.1 Å². The molecule has 10 nitrogen and oxygen atoms in total. The number of methoxy groups -OCH3 is 2. The molecule has 0 aliphatic carbocycles. The zero-order chi connectivity index (χ0) is 24.8. The molecule has 35 heavy (non-hydrogen) atoms. The number of hydrogen-bond acceptors (Lipinski definition) is 8. The smallest absolute Gasteiger partial charge is 0.271 e. The molecule has 0 saturated carbocycles. The highest BCUT2D eigenvalue weighted by Gasteiger charge is 2.24. The van der Waals surface area contributed by atoms with E-state index in [4.69, 9.17) is 15.2 Å². The molecule has 182 valence electrons. The van der Waals surface area contributed by atoms with E-state index in [9.17, 15) is 9.59 Å². The first-order chi connectivity index (χ1) is 17.0. The number of aromatic nitrogens is 2. The first-order valence-corrected chi connectivity index (χ1v) is 11.2. The van der Waals surface area contributed by atoms with Crippen LogP contribution in [0.2, 0.25) is 0 Å². The molecule has 3 aromatic rings. The van der Waals surface area contributed by atoms with Gasteiger partial charge in [0.25, 0.3) is 11.8 Å². The number of rotatable bonds is 8. The highest BCUT2D eigenvalue weighted by atomic mass is 16.5. The molecule has 1 atom stereocenters. The van der Waals surface area contributed by atoms with Crippen LogP contribution in [-0.2, 0) is 0 Å².